The fourth-order valence-electron chi connectivity index (χ4n) is 2.52. The van der Waals surface area contributed by atoms with Gasteiger partial charge in [-0.25, -0.2) is 9.48 Å². The van der Waals surface area contributed by atoms with Crippen LogP contribution >= 0.6 is 0 Å². The minimum Gasteiger partial charge on any atom is -0.476 e. The highest BCUT2D eigenvalue weighted by Gasteiger charge is 2.33. The average molecular weight is 327 g/mol. The van der Waals surface area contributed by atoms with Gasteiger partial charge in [0.15, 0.2) is 5.69 Å². The van der Waals surface area contributed by atoms with Crippen LogP contribution in [0, 0.1) is 0 Å². The SMILES string of the molecule is O=C(O)c1cn(C2CCN(c3ccnc(C(F)(F)F)c3)C2)nn1. The third-order valence-electron chi connectivity index (χ3n) is 3.67. The number of anilines is 1. The Labute approximate surface area is 128 Å². The van der Waals surface area contributed by atoms with Gasteiger partial charge in [0.1, 0.15) is 5.69 Å². The maximum atomic E-state index is 12.7. The van der Waals surface area contributed by atoms with Gasteiger partial charge in [0.05, 0.1) is 12.2 Å². The van der Waals surface area contributed by atoms with Crippen LogP contribution in [0.1, 0.15) is 28.6 Å². The molecule has 2 aromatic rings. The van der Waals surface area contributed by atoms with Gasteiger partial charge >= 0.3 is 12.1 Å². The molecule has 1 atom stereocenters. The Kier molecular flexibility index (Phi) is 3.66. The van der Waals surface area contributed by atoms with Gasteiger partial charge in [0.25, 0.3) is 0 Å². The highest BCUT2D eigenvalue weighted by molar-refractivity contribution is 5.84. The molecule has 0 radical (unpaired) electrons. The Morgan fingerprint density at radius 2 is 2.17 bits per heavy atom. The normalized spacial score (nSPS) is 18.4. The molecule has 0 aromatic carbocycles. The van der Waals surface area contributed by atoms with Gasteiger partial charge < -0.3 is 10.0 Å². The van der Waals surface area contributed by atoms with Crippen molar-refractivity contribution in [2.45, 2.75) is 18.6 Å². The molecule has 122 valence electrons. The molecule has 0 saturated carbocycles. The van der Waals surface area contributed by atoms with E-state index >= 15 is 0 Å². The van der Waals surface area contributed by atoms with Crippen LogP contribution in [0.4, 0.5) is 18.9 Å². The molecule has 7 nitrogen and oxygen atoms in total. The summed E-state index contributed by atoms with van der Waals surface area (Å²) in [4.78, 5) is 15.9. The summed E-state index contributed by atoms with van der Waals surface area (Å²) in [7, 11) is 0. The van der Waals surface area contributed by atoms with Crippen LogP contribution in [-0.4, -0.2) is 44.1 Å². The number of pyridine rings is 1. The first kappa shape index (κ1) is 15.3. The molecular formula is C13H12F3N5O2. The summed E-state index contributed by atoms with van der Waals surface area (Å²) < 4.78 is 39.6. The minimum atomic E-state index is -4.49. The minimum absolute atomic E-state index is 0.141. The van der Waals surface area contributed by atoms with Gasteiger partial charge in [-0.15, -0.1) is 5.10 Å². The number of aromatic carboxylic acids is 1. The van der Waals surface area contributed by atoms with E-state index in [0.717, 1.165) is 12.3 Å². The van der Waals surface area contributed by atoms with Crippen molar-refractivity contribution in [3.8, 4) is 0 Å². The summed E-state index contributed by atoms with van der Waals surface area (Å²) in [5, 5.41) is 16.1. The molecule has 0 spiro atoms. The first-order chi connectivity index (χ1) is 10.8. The smallest absolute Gasteiger partial charge is 0.433 e. The second-order valence-corrected chi connectivity index (χ2v) is 5.17. The molecule has 2 aromatic heterocycles. The van der Waals surface area contributed by atoms with Crippen molar-refractivity contribution < 1.29 is 23.1 Å². The van der Waals surface area contributed by atoms with Crippen molar-refractivity contribution >= 4 is 11.7 Å². The number of hydrogen-bond acceptors (Lipinski definition) is 5. The molecule has 0 amide bonds. The highest BCUT2D eigenvalue weighted by Crippen LogP contribution is 2.32. The summed E-state index contributed by atoms with van der Waals surface area (Å²) in [6.45, 7) is 0.956. The van der Waals surface area contributed by atoms with Crippen LogP contribution in [0.2, 0.25) is 0 Å². The lowest BCUT2D eigenvalue weighted by atomic mass is 10.2. The fraction of sp³-hybridized carbons (Fsp3) is 0.385. The number of nitrogens with zero attached hydrogens (tertiary/aromatic N) is 5. The van der Waals surface area contributed by atoms with Crippen molar-refractivity contribution in [2.75, 3.05) is 18.0 Å². The molecule has 1 N–H and O–H groups in total. The molecule has 10 heteroatoms. The third-order valence-corrected chi connectivity index (χ3v) is 3.67. The monoisotopic (exact) mass is 327 g/mol. The van der Waals surface area contributed by atoms with Gasteiger partial charge in [-0.1, -0.05) is 5.21 Å². The van der Waals surface area contributed by atoms with E-state index in [1.54, 1.807) is 4.90 Å². The van der Waals surface area contributed by atoms with Crippen LogP contribution in [0.5, 0.6) is 0 Å². The van der Waals surface area contributed by atoms with Crippen LogP contribution in [0.25, 0.3) is 0 Å². The zero-order chi connectivity index (χ0) is 16.6. The van der Waals surface area contributed by atoms with Gasteiger partial charge in [-0.05, 0) is 18.6 Å². The Morgan fingerprint density at radius 3 is 2.83 bits per heavy atom. The zero-order valence-electron chi connectivity index (χ0n) is 11.7. The van der Waals surface area contributed by atoms with Gasteiger partial charge in [-0.3, -0.25) is 4.98 Å². The predicted octanol–water partition coefficient (Wildman–Crippen LogP) is 1.84. The quantitative estimate of drug-likeness (QED) is 0.926. The Balaban J connectivity index is 1.76. The second kappa shape index (κ2) is 5.52. The number of carbonyl (C=O) groups is 1. The van der Waals surface area contributed by atoms with E-state index in [0.29, 0.717) is 25.2 Å². The molecule has 1 aliphatic rings. The number of hydrogen-bond donors (Lipinski definition) is 1. The van der Waals surface area contributed by atoms with Crippen molar-refractivity contribution in [1.29, 1.82) is 0 Å². The Morgan fingerprint density at radius 1 is 1.39 bits per heavy atom. The van der Waals surface area contributed by atoms with E-state index in [1.165, 1.54) is 16.9 Å². The molecule has 3 heterocycles. The van der Waals surface area contributed by atoms with E-state index in [4.69, 9.17) is 5.11 Å². The van der Waals surface area contributed by atoms with Gasteiger partial charge in [0, 0.05) is 25.0 Å². The number of carboxylic acids is 1. The average Bonchev–Trinajstić information content (AvgIpc) is 3.15. The standard InChI is InChI=1S/C13H12F3N5O2/c14-13(15,16)11-5-8(1-3-17-11)20-4-2-9(6-20)21-7-10(12(22)23)18-19-21/h1,3,5,7,9H,2,4,6H2,(H,22,23). The van der Waals surface area contributed by atoms with Crippen molar-refractivity contribution in [3.63, 3.8) is 0 Å². The first-order valence-electron chi connectivity index (χ1n) is 6.78. The van der Waals surface area contributed by atoms with Crippen LogP contribution < -0.4 is 4.90 Å². The number of aromatic nitrogens is 4. The zero-order valence-corrected chi connectivity index (χ0v) is 11.7. The summed E-state index contributed by atoms with van der Waals surface area (Å²) in [6, 6.07) is 2.38. The first-order valence-corrected chi connectivity index (χ1v) is 6.78. The molecule has 23 heavy (non-hydrogen) atoms. The highest BCUT2D eigenvalue weighted by atomic mass is 19.4. The van der Waals surface area contributed by atoms with E-state index in [1.807, 2.05) is 0 Å². The molecule has 0 aliphatic carbocycles. The molecule has 1 aliphatic heterocycles. The van der Waals surface area contributed by atoms with Gasteiger partial charge in [0.2, 0.25) is 0 Å². The lowest BCUT2D eigenvalue weighted by molar-refractivity contribution is -0.141. The number of carboxylic acid groups (broad SMARTS) is 1. The van der Waals surface area contributed by atoms with Crippen LogP contribution in [0.15, 0.2) is 24.5 Å². The number of alkyl halides is 3. The predicted molar refractivity (Wildman–Crippen MR) is 72.1 cm³/mol. The molecule has 1 unspecified atom stereocenters. The third kappa shape index (κ3) is 3.10. The van der Waals surface area contributed by atoms with E-state index in [-0.39, 0.29) is 11.7 Å². The second-order valence-electron chi connectivity index (χ2n) is 5.17. The summed E-state index contributed by atoms with van der Waals surface area (Å²) in [6.07, 6.45) is -1.41. The Hall–Kier alpha value is -2.65. The number of halogens is 3. The van der Waals surface area contributed by atoms with E-state index < -0.39 is 17.8 Å². The summed E-state index contributed by atoms with van der Waals surface area (Å²) in [5.74, 6) is -1.17. The summed E-state index contributed by atoms with van der Waals surface area (Å²) in [5.41, 5.74) is -0.674. The lowest BCUT2D eigenvalue weighted by Gasteiger charge is -2.19. The molecule has 1 saturated heterocycles. The lowest BCUT2D eigenvalue weighted by Crippen LogP contribution is -2.22. The van der Waals surface area contributed by atoms with Crippen molar-refractivity contribution in [3.05, 3.63) is 35.9 Å². The summed E-state index contributed by atoms with van der Waals surface area (Å²) >= 11 is 0. The molecular weight excluding hydrogens is 315 g/mol. The van der Waals surface area contributed by atoms with E-state index in [9.17, 15) is 18.0 Å². The van der Waals surface area contributed by atoms with Gasteiger partial charge in [-0.2, -0.15) is 13.2 Å². The van der Waals surface area contributed by atoms with Crippen LogP contribution in [0.3, 0.4) is 0 Å². The molecule has 0 bridgehead atoms. The van der Waals surface area contributed by atoms with Crippen molar-refractivity contribution in [1.82, 2.24) is 20.0 Å². The largest absolute Gasteiger partial charge is 0.476 e. The fourth-order valence-corrected chi connectivity index (χ4v) is 2.52. The molecule has 1 fully saturated rings. The Bertz CT molecular complexity index is 730. The topological polar surface area (TPSA) is 84.1 Å². The maximum Gasteiger partial charge on any atom is 0.433 e. The maximum absolute atomic E-state index is 12.7. The molecule has 3 rings (SSSR count). The van der Waals surface area contributed by atoms with Crippen molar-refractivity contribution in [2.24, 2.45) is 0 Å². The van der Waals surface area contributed by atoms with Crippen LogP contribution in [-0.2, 0) is 6.18 Å². The number of rotatable bonds is 3. The van der Waals surface area contributed by atoms with E-state index in [2.05, 4.69) is 15.3 Å².